The summed E-state index contributed by atoms with van der Waals surface area (Å²) in [6.45, 7) is 1.88. The first-order valence-corrected chi connectivity index (χ1v) is 5.80. The highest BCUT2D eigenvalue weighted by molar-refractivity contribution is 7.10. The van der Waals surface area contributed by atoms with Crippen LogP contribution in [-0.2, 0) is 0 Å². The van der Waals surface area contributed by atoms with E-state index in [0.717, 1.165) is 10.7 Å². The van der Waals surface area contributed by atoms with Crippen molar-refractivity contribution in [2.75, 3.05) is 5.32 Å². The number of hydrogen-bond donors (Lipinski definition) is 1. The minimum atomic E-state index is -0.175. The van der Waals surface area contributed by atoms with Crippen LogP contribution in [0, 0.1) is 6.92 Å². The third-order valence-corrected chi connectivity index (χ3v) is 2.98. The molecule has 2 aromatic rings. The predicted octanol–water partition coefficient (Wildman–Crippen LogP) is 3.36. The monoisotopic (exact) mass is 252 g/mol. The van der Waals surface area contributed by atoms with Gasteiger partial charge in [0.25, 0.3) is 5.91 Å². The highest BCUT2D eigenvalue weighted by Gasteiger charge is 2.07. The van der Waals surface area contributed by atoms with Crippen LogP contribution < -0.4 is 5.32 Å². The number of nitrogens with one attached hydrogen (secondary N) is 1. The molecule has 2 rings (SSSR count). The molecule has 1 aromatic heterocycles. The molecule has 0 aliphatic heterocycles. The molecule has 0 bridgehead atoms. The molecule has 3 nitrogen and oxygen atoms in total. The molecular formula is C11H9ClN2OS. The van der Waals surface area contributed by atoms with E-state index in [-0.39, 0.29) is 5.91 Å². The Labute approximate surface area is 102 Å². The minimum Gasteiger partial charge on any atom is -0.312 e. The molecule has 0 saturated heterocycles. The van der Waals surface area contributed by atoms with Crippen molar-refractivity contribution in [1.29, 1.82) is 0 Å². The third kappa shape index (κ3) is 2.59. The van der Waals surface area contributed by atoms with E-state index in [2.05, 4.69) is 9.69 Å². The number of benzene rings is 1. The van der Waals surface area contributed by atoms with E-state index in [9.17, 15) is 4.79 Å². The molecule has 82 valence electrons. The molecule has 0 aliphatic rings. The molecule has 0 radical (unpaired) electrons. The van der Waals surface area contributed by atoms with Gasteiger partial charge in [-0.05, 0) is 42.7 Å². The van der Waals surface area contributed by atoms with E-state index in [0.29, 0.717) is 10.6 Å². The van der Waals surface area contributed by atoms with E-state index in [4.69, 9.17) is 11.6 Å². The first kappa shape index (κ1) is 11.1. The lowest BCUT2D eigenvalue weighted by Crippen LogP contribution is -2.10. The van der Waals surface area contributed by atoms with Gasteiger partial charge >= 0.3 is 0 Å². The SMILES string of the molecule is Cc1cc(NC(=O)c2cccc(Cl)c2)sn1. The first-order valence-electron chi connectivity index (χ1n) is 4.65. The maximum absolute atomic E-state index is 11.8. The van der Waals surface area contributed by atoms with Gasteiger partial charge in [0.1, 0.15) is 5.00 Å². The predicted molar refractivity (Wildman–Crippen MR) is 66.3 cm³/mol. The number of rotatable bonds is 2. The zero-order chi connectivity index (χ0) is 11.5. The fourth-order valence-electron chi connectivity index (χ4n) is 1.24. The summed E-state index contributed by atoms with van der Waals surface area (Å²) in [5.74, 6) is -0.175. The van der Waals surface area contributed by atoms with Crippen molar-refractivity contribution in [3.63, 3.8) is 0 Å². The minimum absolute atomic E-state index is 0.175. The van der Waals surface area contributed by atoms with Crippen LogP contribution in [0.2, 0.25) is 5.02 Å². The van der Waals surface area contributed by atoms with Crippen LogP contribution in [0.1, 0.15) is 16.1 Å². The summed E-state index contributed by atoms with van der Waals surface area (Å²) >= 11 is 7.07. The summed E-state index contributed by atoms with van der Waals surface area (Å²) < 4.78 is 4.08. The molecule has 0 aliphatic carbocycles. The number of amides is 1. The van der Waals surface area contributed by atoms with Crippen molar-refractivity contribution in [2.45, 2.75) is 6.92 Å². The first-order chi connectivity index (χ1) is 7.65. The summed E-state index contributed by atoms with van der Waals surface area (Å²) in [6.07, 6.45) is 0. The quantitative estimate of drug-likeness (QED) is 0.891. The van der Waals surface area contributed by atoms with Gasteiger partial charge in [-0.2, -0.15) is 4.37 Å². The molecule has 1 heterocycles. The van der Waals surface area contributed by atoms with Crippen LogP contribution >= 0.6 is 23.1 Å². The molecule has 0 atom stereocenters. The van der Waals surface area contributed by atoms with Crippen molar-refractivity contribution < 1.29 is 4.79 Å². The topological polar surface area (TPSA) is 42.0 Å². The Morgan fingerprint density at radius 3 is 2.88 bits per heavy atom. The third-order valence-electron chi connectivity index (χ3n) is 1.95. The molecule has 1 N–H and O–H groups in total. The second kappa shape index (κ2) is 4.63. The summed E-state index contributed by atoms with van der Waals surface area (Å²) in [4.78, 5) is 11.8. The summed E-state index contributed by atoms with van der Waals surface area (Å²) in [5, 5.41) is 4.05. The highest BCUT2D eigenvalue weighted by Crippen LogP contribution is 2.17. The Hall–Kier alpha value is -1.39. The molecule has 0 fully saturated rings. The van der Waals surface area contributed by atoms with Gasteiger partial charge < -0.3 is 5.32 Å². The Morgan fingerprint density at radius 1 is 1.44 bits per heavy atom. The van der Waals surface area contributed by atoms with Crippen molar-refractivity contribution in [1.82, 2.24) is 4.37 Å². The average Bonchev–Trinajstić information content (AvgIpc) is 2.64. The lowest BCUT2D eigenvalue weighted by Gasteiger charge is -2.01. The summed E-state index contributed by atoms with van der Waals surface area (Å²) in [7, 11) is 0. The molecule has 0 spiro atoms. The summed E-state index contributed by atoms with van der Waals surface area (Å²) in [5.41, 5.74) is 1.44. The van der Waals surface area contributed by atoms with Crippen LogP contribution in [0.3, 0.4) is 0 Å². The molecule has 1 amide bonds. The molecule has 5 heteroatoms. The van der Waals surface area contributed by atoms with E-state index in [1.165, 1.54) is 11.5 Å². The van der Waals surface area contributed by atoms with Crippen LogP contribution in [0.25, 0.3) is 0 Å². The van der Waals surface area contributed by atoms with E-state index >= 15 is 0 Å². The zero-order valence-electron chi connectivity index (χ0n) is 8.53. The maximum atomic E-state index is 11.8. The Kier molecular flexibility index (Phi) is 3.22. The molecule has 16 heavy (non-hydrogen) atoms. The lowest BCUT2D eigenvalue weighted by molar-refractivity contribution is 0.102. The number of carbonyl (C=O) groups is 1. The number of hydrogen-bond acceptors (Lipinski definition) is 3. The van der Waals surface area contributed by atoms with Crippen LogP contribution in [0.4, 0.5) is 5.00 Å². The normalized spacial score (nSPS) is 10.1. The maximum Gasteiger partial charge on any atom is 0.256 e. The van der Waals surface area contributed by atoms with Gasteiger partial charge in [0.2, 0.25) is 0 Å². The van der Waals surface area contributed by atoms with Gasteiger partial charge in [-0.1, -0.05) is 17.7 Å². The lowest BCUT2D eigenvalue weighted by atomic mass is 10.2. The van der Waals surface area contributed by atoms with Crippen molar-refractivity contribution >= 4 is 34.0 Å². The number of aromatic nitrogens is 1. The molecule has 0 unspecified atom stereocenters. The van der Waals surface area contributed by atoms with E-state index < -0.39 is 0 Å². The van der Waals surface area contributed by atoms with Crippen LogP contribution in [0.15, 0.2) is 30.3 Å². The van der Waals surface area contributed by atoms with Gasteiger partial charge in [0.05, 0.1) is 5.69 Å². The largest absolute Gasteiger partial charge is 0.312 e. The highest BCUT2D eigenvalue weighted by atomic mass is 35.5. The van der Waals surface area contributed by atoms with E-state index in [1.54, 1.807) is 24.3 Å². The number of anilines is 1. The zero-order valence-corrected chi connectivity index (χ0v) is 10.1. The van der Waals surface area contributed by atoms with Crippen molar-refractivity contribution in [3.8, 4) is 0 Å². The second-order valence-corrected chi connectivity index (χ2v) is 4.54. The smallest absolute Gasteiger partial charge is 0.256 e. The van der Waals surface area contributed by atoms with Crippen molar-refractivity contribution in [3.05, 3.63) is 46.6 Å². The van der Waals surface area contributed by atoms with Gasteiger partial charge in [-0.3, -0.25) is 4.79 Å². The van der Waals surface area contributed by atoms with Crippen LogP contribution in [-0.4, -0.2) is 10.3 Å². The summed E-state index contributed by atoms with van der Waals surface area (Å²) in [6, 6.07) is 8.65. The van der Waals surface area contributed by atoms with Gasteiger partial charge in [0.15, 0.2) is 0 Å². The van der Waals surface area contributed by atoms with Crippen LogP contribution in [0.5, 0.6) is 0 Å². The second-order valence-electron chi connectivity index (χ2n) is 3.30. The number of aryl methyl sites for hydroxylation is 1. The van der Waals surface area contributed by atoms with Gasteiger partial charge in [-0.15, -0.1) is 0 Å². The number of carbonyl (C=O) groups excluding carboxylic acids is 1. The molecular weight excluding hydrogens is 244 g/mol. The van der Waals surface area contributed by atoms with Crippen molar-refractivity contribution in [2.24, 2.45) is 0 Å². The standard InChI is InChI=1S/C11H9ClN2OS/c1-7-5-10(16-14-7)13-11(15)8-3-2-4-9(12)6-8/h2-6H,1H3,(H,13,15). The van der Waals surface area contributed by atoms with E-state index in [1.807, 2.05) is 13.0 Å². The molecule has 0 saturated carbocycles. The fourth-order valence-corrected chi connectivity index (χ4v) is 2.08. The van der Waals surface area contributed by atoms with Gasteiger partial charge in [-0.25, -0.2) is 0 Å². The number of nitrogens with zero attached hydrogens (tertiary/aromatic N) is 1. The fraction of sp³-hybridized carbons (Fsp3) is 0.0909. The Balaban J connectivity index is 2.14. The Bertz CT molecular complexity index is 524. The average molecular weight is 253 g/mol. The Morgan fingerprint density at radius 2 is 2.25 bits per heavy atom. The molecule has 1 aromatic carbocycles. The van der Waals surface area contributed by atoms with Gasteiger partial charge in [0, 0.05) is 10.6 Å². The number of halogens is 1.